The zero-order valence-corrected chi connectivity index (χ0v) is 27.5. The number of hydrogen-bond donors (Lipinski definition) is 2. The summed E-state index contributed by atoms with van der Waals surface area (Å²) in [4.78, 5) is 27.1. The third-order valence-corrected chi connectivity index (χ3v) is 11.5. The Balaban J connectivity index is 1.06. The molecule has 4 heterocycles. The third-order valence-electron chi connectivity index (χ3n) is 11.2. The molecule has 3 aliphatic heterocycles. The van der Waals surface area contributed by atoms with Gasteiger partial charge < -0.3 is 25.2 Å². The molecule has 46 heavy (non-hydrogen) atoms. The molecule has 2 aromatic carbocycles. The highest BCUT2D eigenvalue weighted by atomic mass is 35.5. The van der Waals surface area contributed by atoms with Crippen molar-refractivity contribution in [1.29, 1.82) is 0 Å². The van der Waals surface area contributed by atoms with Crippen molar-refractivity contribution in [1.82, 2.24) is 19.8 Å². The Morgan fingerprint density at radius 3 is 2.72 bits per heavy atom. The number of nitrogens with one attached hydrogen (secondary N) is 2. The van der Waals surface area contributed by atoms with Crippen LogP contribution in [0, 0.1) is 23.1 Å². The van der Waals surface area contributed by atoms with Gasteiger partial charge in [-0.1, -0.05) is 17.7 Å². The Morgan fingerprint density at radius 1 is 1.15 bits per heavy atom. The number of rotatable bonds is 10. The molecule has 1 saturated carbocycles. The number of nitrogens with zero attached hydrogens (tertiary/aromatic N) is 4. The lowest BCUT2D eigenvalue weighted by Crippen LogP contribution is -2.46. The highest BCUT2D eigenvalue weighted by Crippen LogP contribution is 2.53. The zero-order chi connectivity index (χ0) is 31.8. The van der Waals surface area contributed by atoms with Gasteiger partial charge in [-0.3, -0.25) is 4.79 Å². The van der Waals surface area contributed by atoms with E-state index in [2.05, 4.69) is 44.5 Å². The number of likely N-dealkylation sites (tertiary alicyclic amines) is 1. The van der Waals surface area contributed by atoms with Crippen LogP contribution in [0.2, 0.25) is 5.02 Å². The van der Waals surface area contributed by atoms with E-state index in [0.717, 1.165) is 12.8 Å². The van der Waals surface area contributed by atoms with Crippen molar-refractivity contribution in [2.24, 2.45) is 17.3 Å². The van der Waals surface area contributed by atoms with Gasteiger partial charge in [0.05, 0.1) is 22.8 Å². The van der Waals surface area contributed by atoms with Crippen LogP contribution in [0.4, 0.5) is 21.6 Å². The maximum absolute atomic E-state index is 13.8. The van der Waals surface area contributed by atoms with E-state index in [4.69, 9.17) is 16.3 Å². The highest BCUT2D eigenvalue weighted by molar-refractivity contribution is 6.31. The Labute approximate surface area is 275 Å². The molecule has 1 amide bonds. The number of benzene rings is 2. The van der Waals surface area contributed by atoms with Gasteiger partial charge in [0.1, 0.15) is 23.7 Å². The summed E-state index contributed by atoms with van der Waals surface area (Å²) < 4.78 is 20.1. The normalized spacial score (nSPS) is 24.6. The summed E-state index contributed by atoms with van der Waals surface area (Å²) in [5, 5.41) is 7.01. The van der Waals surface area contributed by atoms with Gasteiger partial charge in [0, 0.05) is 29.2 Å². The fraction of sp³-hybridized carbons (Fsp3) is 0.528. The summed E-state index contributed by atoms with van der Waals surface area (Å²) in [6.07, 6.45) is 16.0. The highest BCUT2D eigenvalue weighted by Gasteiger charge is 2.45. The van der Waals surface area contributed by atoms with E-state index >= 15 is 0 Å². The molecule has 3 saturated heterocycles. The first-order valence-electron chi connectivity index (χ1n) is 16.8. The van der Waals surface area contributed by atoms with Crippen LogP contribution in [0.3, 0.4) is 0 Å². The average Bonchev–Trinajstić information content (AvgIpc) is 3.53. The number of aromatic nitrogens is 2. The summed E-state index contributed by atoms with van der Waals surface area (Å²) in [6, 6.07) is 9.47. The number of fused-ring (bicyclic) bond motifs is 3. The SMILES string of the molecule is CN1CCC2(CC1)CC(CCOc1cc3ncnc(Nc4ccc(F)c(Cl)c4)c3cc1NC(=O)/C=C/CC1CC3CCC1N3C)C2. The van der Waals surface area contributed by atoms with Crippen molar-refractivity contribution in [3.05, 3.63) is 59.7 Å². The molecule has 7 rings (SSSR count). The Kier molecular flexibility index (Phi) is 8.92. The second-order valence-corrected chi connectivity index (χ2v) is 14.6. The van der Waals surface area contributed by atoms with Crippen LogP contribution in [0.1, 0.15) is 57.8 Å². The number of ether oxygens (including phenoxy) is 1. The lowest BCUT2D eigenvalue weighted by atomic mass is 9.57. The minimum absolute atomic E-state index is 0.0177. The van der Waals surface area contributed by atoms with Crippen LogP contribution in [-0.4, -0.2) is 71.6 Å². The lowest BCUT2D eigenvalue weighted by molar-refractivity contribution is -0.111. The molecule has 4 fully saturated rings. The first-order valence-corrected chi connectivity index (χ1v) is 17.1. The molecule has 1 spiro atoms. The Morgan fingerprint density at radius 2 is 1.98 bits per heavy atom. The predicted molar refractivity (Wildman–Crippen MR) is 181 cm³/mol. The predicted octanol–water partition coefficient (Wildman–Crippen LogP) is 7.42. The Bertz CT molecular complexity index is 1620. The van der Waals surface area contributed by atoms with Gasteiger partial charge in [-0.25, -0.2) is 14.4 Å². The molecule has 1 aromatic heterocycles. The van der Waals surface area contributed by atoms with Crippen LogP contribution in [0.15, 0.2) is 48.8 Å². The summed E-state index contributed by atoms with van der Waals surface area (Å²) in [5.74, 6) is 1.71. The van der Waals surface area contributed by atoms with Crippen molar-refractivity contribution < 1.29 is 13.9 Å². The van der Waals surface area contributed by atoms with Gasteiger partial charge in [-0.05, 0) is 133 Å². The van der Waals surface area contributed by atoms with Crippen molar-refractivity contribution in [2.45, 2.75) is 69.9 Å². The monoisotopic (exact) mass is 646 g/mol. The number of amides is 1. The molecule has 2 bridgehead atoms. The topological polar surface area (TPSA) is 82.6 Å². The van der Waals surface area contributed by atoms with E-state index in [1.807, 2.05) is 18.2 Å². The molecule has 244 valence electrons. The van der Waals surface area contributed by atoms with Gasteiger partial charge in [0.25, 0.3) is 0 Å². The number of carbonyl (C=O) groups excluding carboxylic acids is 1. The number of allylic oxidation sites excluding steroid dienone is 1. The van der Waals surface area contributed by atoms with Crippen LogP contribution in [0.25, 0.3) is 10.9 Å². The van der Waals surface area contributed by atoms with Crippen LogP contribution >= 0.6 is 11.6 Å². The summed E-state index contributed by atoms with van der Waals surface area (Å²) in [6.45, 7) is 2.97. The minimum atomic E-state index is -0.490. The number of anilines is 3. The summed E-state index contributed by atoms with van der Waals surface area (Å²) in [5.41, 5.74) is 2.36. The van der Waals surface area contributed by atoms with Crippen molar-refractivity contribution >= 4 is 45.6 Å². The Hall–Kier alpha value is -3.27. The molecular formula is C36H44ClFN6O2. The van der Waals surface area contributed by atoms with Crippen LogP contribution in [-0.2, 0) is 4.79 Å². The van der Waals surface area contributed by atoms with Gasteiger partial charge in [-0.15, -0.1) is 0 Å². The molecule has 3 atom stereocenters. The number of carbonyl (C=O) groups is 1. The fourth-order valence-corrected chi connectivity index (χ4v) is 8.68. The molecule has 8 nitrogen and oxygen atoms in total. The van der Waals surface area contributed by atoms with E-state index in [-0.39, 0.29) is 10.9 Å². The van der Waals surface area contributed by atoms with Crippen molar-refractivity contribution in [3.63, 3.8) is 0 Å². The number of halogens is 2. The number of hydrogen-bond acceptors (Lipinski definition) is 7. The van der Waals surface area contributed by atoms with Gasteiger partial charge in [0.2, 0.25) is 5.91 Å². The molecule has 3 unspecified atom stereocenters. The van der Waals surface area contributed by atoms with E-state index in [1.165, 1.54) is 76.5 Å². The largest absolute Gasteiger partial charge is 0.491 e. The van der Waals surface area contributed by atoms with Gasteiger partial charge in [0.15, 0.2) is 0 Å². The van der Waals surface area contributed by atoms with Crippen LogP contribution in [0.5, 0.6) is 5.75 Å². The quantitative estimate of drug-likeness (QED) is 0.222. The van der Waals surface area contributed by atoms with E-state index in [0.29, 0.717) is 69.8 Å². The van der Waals surface area contributed by atoms with Gasteiger partial charge >= 0.3 is 0 Å². The lowest BCUT2D eigenvalue weighted by Gasteiger charge is -2.52. The summed E-state index contributed by atoms with van der Waals surface area (Å²) >= 11 is 6.02. The standard InChI is InChI=1S/C36H44ClFN6O2/c1-43-13-11-36(12-14-43)20-23(21-36)10-15-46-33-19-30-27(35(40-22-39-30)41-25-6-8-29(38)28(37)17-25)18-31(33)42-34(45)5-3-4-24-16-26-7-9-32(24)44(26)2/h3,5-6,8,17-19,22-24,26,32H,4,7,9-16,20-21H2,1-2H3,(H,42,45)(H,39,40,41)/b5-3+. The number of piperidine rings is 1. The fourth-order valence-electron chi connectivity index (χ4n) is 8.49. The minimum Gasteiger partial charge on any atom is -0.491 e. The molecule has 10 heteroatoms. The summed E-state index contributed by atoms with van der Waals surface area (Å²) in [7, 11) is 4.45. The molecular weight excluding hydrogens is 603 g/mol. The first kappa shape index (κ1) is 31.3. The second-order valence-electron chi connectivity index (χ2n) is 14.1. The zero-order valence-electron chi connectivity index (χ0n) is 26.8. The van der Waals surface area contributed by atoms with Crippen molar-refractivity contribution in [2.75, 3.05) is 44.4 Å². The van der Waals surface area contributed by atoms with E-state index in [1.54, 1.807) is 12.1 Å². The second kappa shape index (κ2) is 13.1. The molecule has 0 radical (unpaired) electrons. The maximum Gasteiger partial charge on any atom is 0.248 e. The van der Waals surface area contributed by atoms with E-state index in [9.17, 15) is 9.18 Å². The molecule has 2 N–H and O–H groups in total. The average molecular weight is 647 g/mol. The van der Waals surface area contributed by atoms with Gasteiger partial charge in [-0.2, -0.15) is 0 Å². The third kappa shape index (κ3) is 6.60. The van der Waals surface area contributed by atoms with Crippen LogP contribution < -0.4 is 15.4 Å². The first-order chi connectivity index (χ1) is 22.2. The maximum atomic E-state index is 13.8. The molecule has 1 aliphatic carbocycles. The molecule has 3 aromatic rings. The van der Waals surface area contributed by atoms with E-state index < -0.39 is 5.82 Å². The molecule has 4 aliphatic rings. The smallest absolute Gasteiger partial charge is 0.248 e. The van der Waals surface area contributed by atoms with Crippen molar-refractivity contribution in [3.8, 4) is 5.75 Å².